The van der Waals surface area contributed by atoms with E-state index in [9.17, 15) is 4.79 Å². The average molecular weight is 436 g/mol. The van der Waals surface area contributed by atoms with Crippen molar-refractivity contribution in [2.45, 2.75) is 32.4 Å². The van der Waals surface area contributed by atoms with E-state index in [1.54, 1.807) is 21.5 Å². The van der Waals surface area contributed by atoms with Crippen LogP contribution in [0.25, 0.3) is 16.6 Å². The molecule has 5 rings (SSSR count). The predicted octanol–water partition coefficient (Wildman–Crippen LogP) is 4.06. The van der Waals surface area contributed by atoms with Gasteiger partial charge in [0.2, 0.25) is 0 Å². The summed E-state index contributed by atoms with van der Waals surface area (Å²) in [5, 5.41) is 13.7. The number of nitrogens with zero attached hydrogens (tertiary/aromatic N) is 5. The van der Waals surface area contributed by atoms with E-state index in [1.165, 1.54) is 0 Å². The highest BCUT2D eigenvalue weighted by Crippen LogP contribution is 2.25. The van der Waals surface area contributed by atoms with Gasteiger partial charge >= 0.3 is 0 Å². The maximum atomic E-state index is 13.5. The van der Waals surface area contributed by atoms with Gasteiger partial charge in [-0.1, -0.05) is 35.4 Å². The minimum absolute atomic E-state index is 0.0150. The molecule has 7 nitrogen and oxygen atoms in total. The number of amides is 1. The number of rotatable bonds is 5. The lowest BCUT2D eigenvalue weighted by molar-refractivity contribution is 0.0508. The zero-order valence-corrected chi connectivity index (χ0v) is 17.9. The molecule has 0 saturated carbocycles. The van der Waals surface area contributed by atoms with E-state index in [1.807, 2.05) is 31.2 Å². The third kappa shape index (κ3) is 3.86. The summed E-state index contributed by atoms with van der Waals surface area (Å²) in [5.41, 5.74) is 4.07. The lowest BCUT2D eigenvalue weighted by Crippen LogP contribution is -2.37. The highest BCUT2D eigenvalue weighted by Gasteiger charge is 2.26. The Morgan fingerprint density at radius 2 is 2.13 bits per heavy atom. The molecule has 1 atom stereocenters. The minimum Gasteiger partial charge on any atom is -0.376 e. The van der Waals surface area contributed by atoms with Crippen molar-refractivity contribution in [3.63, 3.8) is 0 Å². The van der Waals surface area contributed by atoms with E-state index in [0.29, 0.717) is 29.3 Å². The van der Waals surface area contributed by atoms with Gasteiger partial charge in [0, 0.05) is 30.6 Å². The number of carbonyl (C=O) groups is 1. The second kappa shape index (κ2) is 8.24. The second-order valence-corrected chi connectivity index (χ2v) is 8.35. The van der Waals surface area contributed by atoms with E-state index < -0.39 is 0 Å². The molecule has 1 amide bonds. The lowest BCUT2D eigenvalue weighted by atomic mass is 10.1. The van der Waals surface area contributed by atoms with Crippen LogP contribution in [-0.2, 0) is 11.3 Å². The van der Waals surface area contributed by atoms with Crippen LogP contribution < -0.4 is 0 Å². The monoisotopic (exact) mass is 435 g/mol. The molecule has 0 radical (unpaired) electrons. The third-order valence-electron chi connectivity index (χ3n) is 5.70. The lowest BCUT2D eigenvalue weighted by Gasteiger charge is -2.26. The highest BCUT2D eigenvalue weighted by atomic mass is 35.5. The van der Waals surface area contributed by atoms with E-state index in [2.05, 4.69) is 27.7 Å². The summed E-state index contributed by atoms with van der Waals surface area (Å²) >= 11 is 6.34. The molecule has 2 aromatic heterocycles. The molecule has 0 N–H and O–H groups in total. The number of aromatic nitrogens is 4. The second-order valence-electron chi connectivity index (χ2n) is 7.95. The number of carbonyl (C=O) groups excluding carboxylic acids is 1. The summed E-state index contributed by atoms with van der Waals surface area (Å²) in [6.45, 7) is 3.63. The van der Waals surface area contributed by atoms with Crippen LogP contribution in [-0.4, -0.2) is 50.1 Å². The van der Waals surface area contributed by atoms with E-state index >= 15 is 0 Å². The zero-order valence-electron chi connectivity index (χ0n) is 17.2. The van der Waals surface area contributed by atoms with Crippen LogP contribution >= 0.6 is 11.6 Å². The van der Waals surface area contributed by atoms with Crippen LogP contribution in [0.2, 0.25) is 5.02 Å². The number of tetrazole rings is 1. The van der Waals surface area contributed by atoms with Gasteiger partial charge in [-0.25, -0.2) is 0 Å². The molecule has 3 heterocycles. The van der Waals surface area contributed by atoms with Crippen LogP contribution in [0.4, 0.5) is 0 Å². The van der Waals surface area contributed by atoms with Crippen LogP contribution in [0.1, 0.15) is 34.3 Å². The molecule has 2 aromatic carbocycles. The molecule has 1 fully saturated rings. The zero-order chi connectivity index (χ0) is 21.4. The van der Waals surface area contributed by atoms with Gasteiger partial charge in [-0.3, -0.25) is 4.79 Å². The molecular formula is C23H22ClN5O2. The number of benzene rings is 2. The summed E-state index contributed by atoms with van der Waals surface area (Å²) in [4.78, 5) is 15.3. The largest absolute Gasteiger partial charge is 0.376 e. The van der Waals surface area contributed by atoms with Crippen LogP contribution in [0.5, 0.6) is 0 Å². The Hall–Kier alpha value is -3.03. The van der Waals surface area contributed by atoms with Crippen molar-refractivity contribution >= 4 is 34.1 Å². The van der Waals surface area contributed by atoms with Crippen molar-refractivity contribution in [1.29, 1.82) is 0 Å². The summed E-state index contributed by atoms with van der Waals surface area (Å²) in [6, 6.07) is 15.3. The number of fused-ring (bicyclic) bond motifs is 3. The molecule has 1 saturated heterocycles. The standard InChI is InChI=1S/C23H22ClN5O2/c1-15-8-9-21-16(11-15)12-17(22-25-26-27-29(21)22)13-28(14-18-5-4-10-31-18)23(30)19-6-2-3-7-20(19)24/h2-3,6-9,11-12,18H,4-5,10,13-14H2,1H3. The Balaban J connectivity index is 1.56. The van der Waals surface area contributed by atoms with Crippen molar-refractivity contribution in [3.8, 4) is 0 Å². The maximum Gasteiger partial charge on any atom is 0.255 e. The molecule has 1 aliphatic heterocycles. The molecule has 4 aromatic rings. The molecule has 0 aliphatic carbocycles. The summed E-state index contributed by atoms with van der Waals surface area (Å²) in [6.07, 6.45) is 1.96. The molecule has 31 heavy (non-hydrogen) atoms. The number of aryl methyl sites for hydroxylation is 1. The molecule has 0 bridgehead atoms. The number of halogens is 1. The van der Waals surface area contributed by atoms with Gasteiger partial charge in [-0.2, -0.15) is 4.52 Å². The van der Waals surface area contributed by atoms with Crippen molar-refractivity contribution in [3.05, 3.63) is 70.2 Å². The number of pyridine rings is 1. The Kier molecular flexibility index (Phi) is 5.29. The van der Waals surface area contributed by atoms with Gasteiger partial charge in [-0.15, -0.1) is 5.10 Å². The molecule has 158 valence electrons. The van der Waals surface area contributed by atoms with Gasteiger partial charge < -0.3 is 9.64 Å². The Bertz CT molecular complexity index is 1270. The number of ether oxygens (including phenoxy) is 1. The number of hydrogen-bond acceptors (Lipinski definition) is 5. The molecule has 0 spiro atoms. The number of hydrogen-bond donors (Lipinski definition) is 0. The fourth-order valence-electron chi connectivity index (χ4n) is 4.16. The maximum absolute atomic E-state index is 13.5. The van der Waals surface area contributed by atoms with E-state index in [-0.39, 0.29) is 12.0 Å². The summed E-state index contributed by atoms with van der Waals surface area (Å²) in [5.74, 6) is -0.129. The van der Waals surface area contributed by atoms with Crippen LogP contribution in [0, 0.1) is 6.92 Å². The van der Waals surface area contributed by atoms with Crippen molar-refractivity contribution in [2.24, 2.45) is 0 Å². The molecular weight excluding hydrogens is 414 g/mol. The smallest absolute Gasteiger partial charge is 0.255 e. The first-order valence-electron chi connectivity index (χ1n) is 10.4. The SMILES string of the molecule is Cc1ccc2c(c1)cc(CN(CC1CCCO1)C(=O)c1ccccc1Cl)c1nnnn12. The Labute approximate surface area is 184 Å². The fourth-order valence-corrected chi connectivity index (χ4v) is 4.38. The van der Waals surface area contributed by atoms with Crippen molar-refractivity contribution in [1.82, 2.24) is 24.9 Å². The molecule has 1 unspecified atom stereocenters. The first-order chi connectivity index (χ1) is 15.1. The summed E-state index contributed by atoms with van der Waals surface area (Å²) < 4.78 is 7.55. The average Bonchev–Trinajstić information content (AvgIpc) is 3.45. The molecule has 1 aliphatic rings. The van der Waals surface area contributed by atoms with E-state index in [4.69, 9.17) is 16.3 Å². The van der Waals surface area contributed by atoms with Crippen molar-refractivity contribution in [2.75, 3.05) is 13.2 Å². The fraction of sp³-hybridized carbons (Fsp3) is 0.304. The molecule has 8 heteroatoms. The summed E-state index contributed by atoms with van der Waals surface area (Å²) in [7, 11) is 0. The quantitative estimate of drug-likeness (QED) is 0.472. The third-order valence-corrected chi connectivity index (χ3v) is 6.03. The predicted molar refractivity (Wildman–Crippen MR) is 118 cm³/mol. The van der Waals surface area contributed by atoms with Gasteiger partial charge in [0.1, 0.15) is 0 Å². The van der Waals surface area contributed by atoms with E-state index in [0.717, 1.165) is 41.5 Å². The van der Waals surface area contributed by atoms with Gasteiger partial charge in [0.25, 0.3) is 5.91 Å². The van der Waals surface area contributed by atoms with Crippen molar-refractivity contribution < 1.29 is 9.53 Å². The Morgan fingerprint density at radius 1 is 1.26 bits per heavy atom. The first kappa shape index (κ1) is 19.9. The van der Waals surface area contributed by atoms with Crippen LogP contribution in [0.15, 0.2) is 48.5 Å². The minimum atomic E-state index is -0.129. The Morgan fingerprint density at radius 3 is 2.94 bits per heavy atom. The van der Waals surface area contributed by atoms with Gasteiger partial charge in [-0.05, 0) is 60.5 Å². The van der Waals surface area contributed by atoms with Gasteiger partial charge in [0.15, 0.2) is 5.65 Å². The van der Waals surface area contributed by atoms with Gasteiger partial charge in [0.05, 0.1) is 22.2 Å². The topological polar surface area (TPSA) is 72.6 Å². The highest BCUT2D eigenvalue weighted by molar-refractivity contribution is 6.33. The van der Waals surface area contributed by atoms with Crippen LogP contribution in [0.3, 0.4) is 0 Å². The first-order valence-corrected chi connectivity index (χ1v) is 10.7. The normalized spacial score (nSPS) is 16.3.